The van der Waals surface area contributed by atoms with Gasteiger partial charge in [-0.15, -0.1) is 0 Å². The van der Waals surface area contributed by atoms with E-state index in [-0.39, 0.29) is 14.5 Å². The zero-order valence-electron chi connectivity index (χ0n) is 16.7. The summed E-state index contributed by atoms with van der Waals surface area (Å²) in [6.45, 7) is 0. The van der Waals surface area contributed by atoms with Crippen LogP contribution in [0.3, 0.4) is 0 Å². The Hall–Kier alpha value is -3.28. The predicted molar refractivity (Wildman–Crippen MR) is 118 cm³/mol. The molecule has 0 atom stereocenters. The summed E-state index contributed by atoms with van der Waals surface area (Å²) in [7, 11) is 4.65. The van der Waals surface area contributed by atoms with E-state index < -0.39 is 0 Å². The molecule has 0 fully saturated rings. The van der Waals surface area contributed by atoms with Crippen LogP contribution in [0.4, 0.5) is 0 Å². The summed E-state index contributed by atoms with van der Waals surface area (Å²) < 4.78 is 17.0. The molecule has 1 aromatic heterocycles. The van der Waals surface area contributed by atoms with Gasteiger partial charge in [0.1, 0.15) is 0 Å². The molecule has 0 unspecified atom stereocenters. The van der Waals surface area contributed by atoms with Gasteiger partial charge in [-0.05, 0) is 0 Å². The van der Waals surface area contributed by atoms with Crippen LogP contribution in [0.5, 0.6) is 17.2 Å². The molecule has 1 heterocycles. The van der Waals surface area contributed by atoms with Crippen LogP contribution in [-0.4, -0.2) is 51.7 Å². The molecule has 7 heteroatoms. The number of hydrogen-bond acceptors (Lipinski definition) is 6. The van der Waals surface area contributed by atoms with Crippen LogP contribution in [0, 0.1) is 0 Å². The monoisotopic (exact) mass is 468 g/mol. The Morgan fingerprint density at radius 1 is 0.933 bits per heavy atom. The van der Waals surface area contributed by atoms with Gasteiger partial charge in [0.2, 0.25) is 0 Å². The first-order chi connectivity index (χ1) is 14.7. The van der Waals surface area contributed by atoms with Crippen molar-refractivity contribution in [2.45, 2.75) is 0 Å². The van der Waals surface area contributed by atoms with Crippen molar-refractivity contribution >= 4 is 31.0 Å². The summed E-state index contributed by atoms with van der Waals surface area (Å²) in [6, 6.07) is 17.9. The molecule has 152 valence electrons. The van der Waals surface area contributed by atoms with Gasteiger partial charge in [-0.2, -0.15) is 0 Å². The van der Waals surface area contributed by atoms with Crippen LogP contribution >= 0.6 is 0 Å². The number of rotatable bonds is 6. The molecule has 4 aromatic rings. The van der Waals surface area contributed by atoms with Gasteiger partial charge in [0, 0.05) is 0 Å². The summed E-state index contributed by atoms with van der Waals surface area (Å²) in [5, 5.41) is 15.7. The van der Waals surface area contributed by atoms with Gasteiger partial charge in [0.15, 0.2) is 0 Å². The summed E-state index contributed by atoms with van der Waals surface area (Å²) in [6.07, 6.45) is 0. The number of hydrogen-bond donors (Lipinski definition) is 1. The molecule has 3 aromatic carbocycles. The number of nitrogens with zero attached hydrogens (tertiary/aromatic N) is 2. The molecule has 0 aliphatic carbocycles. The van der Waals surface area contributed by atoms with Crippen molar-refractivity contribution in [2.24, 2.45) is 5.16 Å². The number of oxime groups is 1. The van der Waals surface area contributed by atoms with E-state index in [0.717, 1.165) is 26.6 Å². The number of ether oxygens (including phenoxy) is 3. The quantitative estimate of drug-likeness (QED) is 0.199. The van der Waals surface area contributed by atoms with Gasteiger partial charge in [-0.25, -0.2) is 0 Å². The Kier molecular flexibility index (Phi) is 5.74. The molecule has 0 aliphatic heterocycles. The first kappa shape index (κ1) is 20.0. The fraction of sp³-hybridized carbons (Fsp3) is 0.130. The Morgan fingerprint density at radius 3 is 2.30 bits per heavy atom. The van der Waals surface area contributed by atoms with Crippen LogP contribution in [0.1, 0.15) is 10.1 Å². The third-order valence-electron chi connectivity index (χ3n) is 4.81. The second kappa shape index (κ2) is 8.61. The van der Waals surface area contributed by atoms with Crippen molar-refractivity contribution in [1.29, 1.82) is 0 Å². The third-order valence-corrected chi connectivity index (χ3v) is 6.59. The Bertz CT molecular complexity index is 1200. The number of benzene rings is 3. The summed E-state index contributed by atoms with van der Waals surface area (Å²) in [5.74, 6) is 1.46. The van der Waals surface area contributed by atoms with E-state index in [1.807, 2.05) is 18.2 Å². The molecule has 0 aliphatic rings. The normalized spacial score (nSPS) is 11.5. The molecule has 4 rings (SSSR count). The maximum absolute atomic E-state index is 9.80. The number of fused-ring (bicyclic) bond motifs is 1. The Balaban J connectivity index is 1.79. The van der Waals surface area contributed by atoms with Crippen LogP contribution < -0.4 is 14.2 Å². The van der Waals surface area contributed by atoms with Crippen molar-refractivity contribution in [3.05, 3.63) is 69.7 Å². The molecular formula is C23H20N2O4Se. The van der Waals surface area contributed by atoms with E-state index in [4.69, 9.17) is 19.2 Å². The van der Waals surface area contributed by atoms with Crippen molar-refractivity contribution in [2.75, 3.05) is 21.3 Å². The van der Waals surface area contributed by atoms with E-state index in [1.54, 1.807) is 33.5 Å². The zero-order valence-corrected chi connectivity index (χ0v) is 18.5. The maximum atomic E-state index is 9.80. The molecule has 0 saturated heterocycles. The van der Waals surface area contributed by atoms with Gasteiger partial charge < -0.3 is 0 Å². The second-order valence-corrected chi connectivity index (χ2v) is 8.23. The fourth-order valence-corrected chi connectivity index (χ4v) is 5.13. The molecule has 1 N–H and O–H groups in total. The molecule has 0 saturated carbocycles. The van der Waals surface area contributed by atoms with E-state index in [0.29, 0.717) is 28.5 Å². The zero-order chi connectivity index (χ0) is 21.1. The minimum absolute atomic E-state index is 0.0890. The second-order valence-electron chi connectivity index (χ2n) is 6.43. The van der Waals surface area contributed by atoms with E-state index in [9.17, 15) is 5.21 Å². The molecule has 0 radical (unpaired) electrons. The Labute approximate surface area is 180 Å². The molecule has 6 nitrogen and oxygen atoms in total. The molecule has 0 amide bonds. The molecular weight excluding hydrogens is 447 g/mol. The predicted octanol–water partition coefficient (Wildman–Crippen LogP) is 4.21. The van der Waals surface area contributed by atoms with Crippen LogP contribution in [0.2, 0.25) is 0 Å². The standard InChI is InChI=1S/C23H20N2O4Se/c1-27-19-11-15(12-20(28-2)22(19)29-3)21(25-26)23-24-18(13-30-23)17-10-6-8-14-7-4-5-9-16(14)17/h4-13,26H,1-3H3/b25-21-. The van der Waals surface area contributed by atoms with Gasteiger partial charge in [-0.3, -0.25) is 0 Å². The van der Waals surface area contributed by atoms with Crippen LogP contribution in [-0.2, 0) is 0 Å². The number of aromatic nitrogens is 1. The van der Waals surface area contributed by atoms with Gasteiger partial charge in [0.25, 0.3) is 0 Å². The van der Waals surface area contributed by atoms with E-state index in [1.165, 1.54) is 0 Å². The minimum atomic E-state index is -0.0890. The van der Waals surface area contributed by atoms with Crippen LogP contribution in [0.25, 0.3) is 22.0 Å². The number of methoxy groups -OCH3 is 3. The summed E-state index contributed by atoms with van der Waals surface area (Å²) in [5.41, 5.74) is 2.98. The first-order valence-corrected chi connectivity index (χ1v) is 11.0. The van der Waals surface area contributed by atoms with Gasteiger partial charge in [-0.1, -0.05) is 0 Å². The van der Waals surface area contributed by atoms with Crippen molar-refractivity contribution in [3.63, 3.8) is 0 Å². The fourth-order valence-electron chi connectivity index (χ4n) is 3.40. The molecule has 0 spiro atoms. The van der Waals surface area contributed by atoms with Crippen molar-refractivity contribution in [3.8, 4) is 28.5 Å². The van der Waals surface area contributed by atoms with Crippen molar-refractivity contribution < 1.29 is 19.4 Å². The summed E-state index contributed by atoms with van der Waals surface area (Å²) in [4.78, 5) is 6.92. The Morgan fingerprint density at radius 2 is 1.63 bits per heavy atom. The van der Waals surface area contributed by atoms with E-state index >= 15 is 0 Å². The SMILES string of the molecule is COc1cc(/C(=N/O)c2nc(-c3cccc4ccccc34)c[se]2)cc(OC)c1OC. The first-order valence-electron chi connectivity index (χ1n) is 9.16. The van der Waals surface area contributed by atoms with Gasteiger partial charge in [0.05, 0.1) is 0 Å². The van der Waals surface area contributed by atoms with Gasteiger partial charge >= 0.3 is 180 Å². The average molecular weight is 467 g/mol. The summed E-state index contributed by atoms with van der Waals surface area (Å²) >= 11 is -0.0890. The average Bonchev–Trinajstić information content (AvgIpc) is 3.28. The molecule has 0 bridgehead atoms. The van der Waals surface area contributed by atoms with Crippen LogP contribution in [0.15, 0.2) is 64.7 Å². The third kappa shape index (κ3) is 3.54. The molecule has 30 heavy (non-hydrogen) atoms. The van der Waals surface area contributed by atoms with Crippen molar-refractivity contribution in [1.82, 2.24) is 4.98 Å². The topological polar surface area (TPSA) is 73.2 Å². The van der Waals surface area contributed by atoms with E-state index in [2.05, 4.69) is 34.4 Å².